The van der Waals surface area contributed by atoms with Gasteiger partial charge in [-0.15, -0.1) is 0 Å². The van der Waals surface area contributed by atoms with Crippen LogP contribution in [0.4, 0.5) is 0 Å². The Morgan fingerprint density at radius 3 is 2.37 bits per heavy atom. The molecule has 1 aliphatic rings. The van der Waals surface area contributed by atoms with E-state index in [1.807, 2.05) is 6.07 Å². The highest BCUT2D eigenvalue weighted by atomic mass is 79.9. The van der Waals surface area contributed by atoms with Gasteiger partial charge in [0.2, 0.25) is 10.0 Å². The van der Waals surface area contributed by atoms with Crippen LogP contribution in [0.3, 0.4) is 0 Å². The Kier molecular flexibility index (Phi) is 6.33. The lowest BCUT2D eigenvalue weighted by Crippen LogP contribution is -2.49. The Labute approximate surface area is 187 Å². The zero-order valence-corrected chi connectivity index (χ0v) is 19.2. The van der Waals surface area contributed by atoms with Crippen LogP contribution in [0.2, 0.25) is 5.02 Å². The van der Waals surface area contributed by atoms with E-state index in [4.69, 9.17) is 16.9 Å². The van der Waals surface area contributed by atoms with Gasteiger partial charge in [-0.3, -0.25) is 0 Å². The quantitative estimate of drug-likeness (QED) is 0.593. The van der Waals surface area contributed by atoms with E-state index < -0.39 is 50.4 Å². The number of sulfonamides is 1. The fourth-order valence-corrected chi connectivity index (χ4v) is 7.60. The van der Waals surface area contributed by atoms with Gasteiger partial charge in [0.05, 0.1) is 28.2 Å². The van der Waals surface area contributed by atoms with Gasteiger partial charge in [0.25, 0.3) is 0 Å². The van der Waals surface area contributed by atoms with Crippen molar-refractivity contribution in [1.82, 2.24) is 4.31 Å². The number of sulfone groups is 1. The van der Waals surface area contributed by atoms with E-state index in [2.05, 4.69) is 15.9 Å². The lowest BCUT2D eigenvalue weighted by atomic mass is 10.1. The lowest BCUT2D eigenvalue weighted by Gasteiger charge is -2.26. The van der Waals surface area contributed by atoms with Crippen LogP contribution in [-0.2, 0) is 19.9 Å². The minimum atomic E-state index is -4.31. The van der Waals surface area contributed by atoms with Crippen molar-refractivity contribution in [3.05, 3.63) is 57.5 Å². The summed E-state index contributed by atoms with van der Waals surface area (Å²) in [5, 5.41) is 27.7. The molecule has 8 nitrogen and oxygen atoms in total. The molecule has 0 spiro atoms. The number of nitriles is 1. The van der Waals surface area contributed by atoms with Crippen LogP contribution in [0.15, 0.2) is 56.7 Å². The maximum absolute atomic E-state index is 13.1. The van der Waals surface area contributed by atoms with Crippen molar-refractivity contribution in [3.8, 4) is 6.07 Å². The predicted molar refractivity (Wildman–Crippen MR) is 112 cm³/mol. The molecule has 0 aromatic heterocycles. The SMILES string of the molecule is N#Cc1ccc(S(=O)(=O)N2C[C@H](S(=O)(=O)c3ccc(Br)cc3)[C@@](O)(CO)C2)c(Cl)c1. The number of hydrogen-bond acceptors (Lipinski definition) is 7. The summed E-state index contributed by atoms with van der Waals surface area (Å²) in [5.41, 5.74) is -2.05. The van der Waals surface area contributed by atoms with Crippen molar-refractivity contribution in [1.29, 1.82) is 5.26 Å². The van der Waals surface area contributed by atoms with Crippen molar-refractivity contribution in [3.63, 3.8) is 0 Å². The first-order valence-corrected chi connectivity index (χ1v) is 12.6. The monoisotopic (exact) mass is 534 g/mol. The summed E-state index contributed by atoms with van der Waals surface area (Å²) in [4.78, 5) is -0.441. The Morgan fingerprint density at radius 2 is 1.83 bits per heavy atom. The second-order valence-electron chi connectivity index (χ2n) is 6.80. The topological polar surface area (TPSA) is 136 Å². The van der Waals surface area contributed by atoms with Crippen LogP contribution in [0.5, 0.6) is 0 Å². The number of aliphatic hydroxyl groups excluding tert-OH is 1. The molecular formula is C18H16BrClN2O6S2. The molecule has 2 aromatic rings. The molecule has 1 saturated heterocycles. The van der Waals surface area contributed by atoms with E-state index in [-0.39, 0.29) is 20.4 Å². The molecule has 30 heavy (non-hydrogen) atoms. The highest BCUT2D eigenvalue weighted by molar-refractivity contribution is 9.10. The van der Waals surface area contributed by atoms with Crippen molar-refractivity contribution in [2.45, 2.75) is 20.6 Å². The summed E-state index contributed by atoms with van der Waals surface area (Å²) in [6, 6.07) is 11.1. The summed E-state index contributed by atoms with van der Waals surface area (Å²) in [6.07, 6.45) is 0. The Hall–Kier alpha value is -1.52. The van der Waals surface area contributed by atoms with E-state index >= 15 is 0 Å². The zero-order valence-electron chi connectivity index (χ0n) is 15.2. The number of benzene rings is 2. The van der Waals surface area contributed by atoms with Gasteiger partial charge in [-0.2, -0.15) is 9.57 Å². The standard InChI is InChI=1S/C18H16BrClN2O6S2/c19-13-2-4-14(5-3-13)29(25,26)17-9-22(10-18(17,24)11-23)30(27,28)16-6-1-12(8-21)7-15(16)20/h1-7,17,23-24H,9-11H2/t17-,18-/m0/s1. The molecule has 0 saturated carbocycles. The number of β-amino-alcohol motifs (C(OH)–C–C–N with tert-alkyl or cyclic N) is 1. The van der Waals surface area contributed by atoms with Gasteiger partial charge >= 0.3 is 0 Å². The first-order valence-electron chi connectivity index (χ1n) is 8.48. The van der Waals surface area contributed by atoms with Crippen LogP contribution in [0.25, 0.3) is 0 Å². The van der Waals surface area contributed by atoms with Crippen molar-refractivity contribution < 1.29 is 27.0 Å². The van der Waals surface area contributed by atoms with Crippen LogP contribution in [0.1, 0.15) is 5.56 Å². The molecule has 0 bridgehead atoms. The van der Waals surface area contributed by atoms with Gasteiger partial charge in [0, 0.05) is 17.6 Å². The summed E-state index contributed by atoms with van der Waals surface area (Å²) in [7, 11) is -8.49. The highest BCUT2D eigenvalue weighted by Crippen LogP contribution is 2.36. The zero-order chi connectivity index (χ0) is 22.3. The van der Waals surface area contributed by atoms with Gasteiger partial charge in [-0.25, -0.2) is 16.8 Å². The number of nitrogens with zero attached hydrogens (tertiary/aromatic N) is 2. The molecular weight excluding hydrogens is 520 g/mol. The molecule has 0 aliphatic carbocycles. The number of hydrogen-bond donors (Lipinski definition) is 2. The third kappa shape index (κ3) is 4.01. The Balaban J connectivity index is 2.02. The van der Waals surface area contributed by atoms with E-state index in [9.17, 15) is 27.0 Å². The summed E-state index contributed by atoms with van der Waals surface area (Å²) in [5.74, 6) is 0. The average molecular weight is 536 g/mol. The Morgan fingerprint density at radius 1 is 1.20 bits per heavy atom. The van der Waals surface area contributed by atoms with Crippen LogP contribution >= 0.6 is 27.5 Å². The third-order valence-electron chi connectivity index (χ3n) is 4.89. The second kappa shape index (κ2) is 8.20. The largest absolute Gasteiger partial charge is 0.393 e. The molecule has 160 valence electrons. The fraction of sp³-hybridized carbons (Fsp3) is 0.278. The third-order valence-corrected chi connectivity index (χ3v) is 9.98. The molecule has 2 aromatic carbocycles. The van der Waals surface area contributed by atoms with Crippen LogP contribution < -0.4 is 0 Å². The smallest absolute Gasteiger partial charge is 0.244 e. The predicted octanol–water partition coefficient (Wildman–Crippen LogP) is 1.54. The molecule has 3 rings (SSSR count). The summed E-state index contributed by atoms with van der Waals surface area (Å²) >= 11 is 9.23. The molecule has 0 amide bonds. The molecule has 2 atom stereocenters. The minimum Gasteiger partial charge on any atom is -0.393 e. The van der Waals surface area contributed by atoms with Crippen molar-refractivity contribution >= 4 is 47.4 Å². The fourth-order valence-electron chi connectivity index (χ4n) is 3.26. The van der Waals surface area contributed by atoms with Crippen molar-refractivity contribution in [2.24, 2.45) is 0 Å². The molecule has 1 fully saturated rings. The second-order valence-corrected chi connectivity index (χ2v) is 12.2. The Bertz CT molecular complexity index is 1230. The van der Waals surface area contributed by atoms with Crippen molar-refractivity contribution in [2.75, 3.05) is 19.7 Å². The summed E-state index contributed by atoms with van der Waals surface area (Å²) in [6.45, 7) is -2.17. The van der Waals surface area contributed by atoms with Gasteiger partial charge in [-0.05, 0) is 42.5 Å². The van der Waals surface area contributed by atoms with E-state index in [1.165, 1.54) is 36.4 Å². The molecule has 1 aliphatic heterocycles. The van der Waals surface area contributed by atoms with Crippen LogP contribution in [0, 0.1) is 11.3 Å². The molecule has 1 heterocycles. The minimum absolute atomic E-state index is 0.113. The van der Waals surface area contributed by atoms with Gasteiger partial charge in [-0.1, -0.05) is 27.5 Å². The van der Waals surface area contributed by atoms with E-state index in [0.29, 0.717) is 4.47 Å². The average Bonchev–Trinajstić information content (AvgIpc) is 3.08. The molecule has 0 unspecified atom stereocenters. The number of aliphatic hydroxyl groups is 2. The molecule has 12 heteroatoms. The number of halogens is 2. The maximum atomic E-state index is 13.1. The van der Waals surface area contributed by atoms with E-state index in [1.54, 1.807) is 0 Å². The van der Waals surface area contributed by atoms with Gasteiger partial charge < -0.3 is 10.2 Å². The van der Waals surface area contributed by atoms with Gasteiger partial charge in [0.15, 0.2) is 9.84 Å². The first-order chi connectivity index (χ1) is 14.0. The molecule has 2 N–H and O–H groups in total. The van der Waals surface area contributed by atoms with Crippen LogP contribution in [-0.4, -0.2) is 61.9 Å². The summed E-state index contributed by atoms with van der Waals surface area (Å²) < 4.78 is 53.8. The molecule has 0 radical (unpaired) electrons. The van der Waals surface area contributed by atoms with Gasteiger partial charge in [0.1, 0.15) is 15.7 Å². The maximum Gasteiger partial charge on any atom is 0.244 e. The van der Waals surface area contributed by atoms with E-state index in [0.717, 1.165) is 10.4 Å². The lowest BCUT2D eigenvalue weighted by molar-refractivity contribution is 0.00160. The highest BCUT2D eigenvalue weighted by Gasteiger charge is 2.55. The number of rotatable bonds is 5. The first kappa shape index (κ1) is 23.1. The normalized spacial score (nSPS) is 22.7.